The molecule has 0 bridgehead atoms. The molecule has 1 atom stereocenters. The minimum Gasteiger partial charge on any atom is -0.504 e. The van der Waals surface area contributed by atoms with Gasteiger partial charge in [0.15, 0.2) is 10.9 Å². The standard InChI is InChI=1S/C13H19ClN2O4/c1-13(2,3)20-12(19)16-9(5-7-17)8-4-6-15-11(14)10(8)18/h4,6,9,17-18H,5,7H2,1-3H3,(H,16,19). The molecule has 0 radical (unpaired) electrons. The maximum atomic E-state index is 11.8. The Kier molecular flexibility index (Phi) is 5.59. The van der Waals surface area contributed by atoms with Gasteiger partial charge in [0, 0.05) is 18.4 Å². The van der Waals surface area contributed by atoms with Crippen molar-refractivity contribution >= 4 is 17.7 Å². The van der Waals surface area contributed by atoms with Crippen LogP contribution in [0.1, 0.15) is 38.8 Å². The second-order valence-electron chi connectivity index (χ2n) is 5.25. The number of nitrogens with one attached hydrogen (secondary N) is 1. The highest BCUT2D eigenvalue weighted by Gasteiger charge is 2.23. The summed E-state index contributed by atoms with van der Waals surface area (Å²) in [6, 6.07) is 0.911. The van der Waals surface area contributed by atoms with Crippen molar-refractivity contribution in [3.05, 3.63) is 23.0 Å². The monoisotopic (exact) mass is 302 g/mol. The number of rotatable bonds is 4. The van der Waals surface area contributed by atoms with Crippen LogP contribution in [0.3, 0.4) is 0 Å². The summed E-state index contributed by atoms with van der Waals surface area (Å²) in [7, 11) is 0. The number of aliphatic hydroxyl groups excluding tert-OH is 1. The van der Waals surface area contributed by atoms with E-state index in [1.54, 1.807) is 20.8 Å². The lowest BCUT2D eigenvalue weighted by molar-refractivity contribution is 0.0496. The van der Waals surface area contributed by atoms with Crippen molar-refractivity contribution < 1.29 is 19.7 Å². The van der Waals surface area contributed by atoms with Crippen LogP contribution in [0, 0.1) is 0 Å². The molecule has 0 aromatic carbocycles. The molecule has 112 valence electrons. The summed E-state index contributed by atoms with van der Waals surface area (Å²) in [4.78, 5) is 15.5. The predicted octanol–water partition coefficient (Wildman–Crippen LogP) is 2.39. The number of aromatic hydroxyl groups is 1. The smallest absolute Gasteiger partial charge is 0.408 e. The average Bonchev–Trinajstić information content (AvgIpc) is 2.30. The second-order valence-corrected chi connectivity index (χ2v) is 5.61. The number of pyridine rings is 1. The number of hydrogen-bond donors (Lipinski definition) is 3. The summed E-state index contributed by atoms with van der Waals surface area (Å²) >= 11 is 5.73. The zero-order chi connectivity index (χ0) is 15.3. The van der Waals surface area contributed by atoms with Gasteiger partial charge in [-0.2, -0.15) is 0 Å². The van der Waals surface area contributed by atoms with Crippen molar-refractivity contribution in [1.29, 1.82) is 0 Å². The van der Waals surface area contributed by atoms with Crippen molar-refractivity contribution in [2.24, 2.45) is 0 Å². The summed E-state index contributed by atoms with van der Waals surface area (Å²) in [5.74, 6) is -0.219. The first kappa shape index (κ1) is 16.5. The Balaban J connectivity index is 2.89. The van der Waals surface area contributed by atoms with E-state index in [1.807, 2.05) is 0 Å². The average molecular weight is 303 g/mol. The van der Waals surface area contributed by atoms with Gasteiger partial charge in [-0.3, -0.25) is 0 Å². The Bertz CT molecular complexity index is 474. The van der Waals surface area contributed by atoms with Crippen molar-refractivity contribution in [3.63, 3.8) is 0 Å². The normalized spacial score (nSPS) is 12.8. The second kappa shape index (κ2) is 6.76. The van der Waals surface area contributed by atoms with E-state index >= 15 is 0 Å². The van der Waals surface area contributed by atoms with E-state index in [0.717, 1.165) is 0 Å². The number of nitrogens with zero attached hydrogens (tertiary/aromatic N) is 1. The number of aliphatic hydroxyl groups is 1. The van der Waals surface area contributed by atoms with Crippen LogP contribution in [0.25, 0.3) is 0 Å². The summed E-state index contributed by atoms with van der Waals surface area (Å²) in [5, 5.41) is 21.5. The molecule has 6 nitrogen and oxygen atoms in total. The number of alkyl carbamates (subject to hydrolysis) is 1. The quantitative estimate of drug-likeness (QED) is 0.743. The molecule has 3 N–H and O–H groups in total. The lowest BCUT2D eigenvalue weighted by Crippen LogP contribution is -2.35. The fourth-order valence-electron chi connectivity index (χ4n) is 1.61. The van der Waals surface area contributed by atoms with E-state index < -0.39 is 17.7 Å². The van der Waals surface area contributed by atoms with Crippen LogP contribution < -0.4 is 5.32 Å². The van der Waals surface area contributed by atoms with Crippen LogP contribution in [0.4, 0.5) is 4.79 Å². The molecule has 1 rings (SSSR count). The van der Waals surface area contributed by atoms with Gasteiger partial charge in [0.05, 0.1) is 6.04 Å². The van der Waals surface area contributed by atoms with Crippen LogP contribution in [0.2, 0.25) is 5.15 Å². The van der Waals surface area contributed by atoms with Crippen LogP contribution in [0.15, 0.2) is 12.3 Å². The molecule has 1 amide bonds. The van der Waals surface area contributed by atoms with Gasteiger partial charge in [0.25, 0.3) is 0 Å². The number of carbonyl (C=O) groups excluding carboxylic acids is 1. The molecule has 0 aliphatic heterocycles. The molecule has 0 aliphatic rings. The Morgan fingerprint density at radius 2 is 2.20 bits per heavy atom. The third-order valence-electron chi connectivity index (χ3n) is 2.39. The van der Waals surface area contributed by atoms with Gasteiger partial charge in [-0.05, 0) is 33.3 Å². The first-order valence-corrected chi connectivity index (χ1v) is 6.56. The van der Waals surface area contributed by atoms with Crippen LogP contribution >= 0.6 is 11.6 Å². The molecule has 1 heterocycles. The highest BCUT2D eigenvalue weighted by atomic mass is 35.5. The Hall–Kier alpha value is -1.53. The summed E-state index contributed by atoms with van der Waals surface area (Å²) in [6.07, 6.45) is 0.995. The molecule has 0 spiro atoms. The van der Waals surface area contributed by atoms with E-state index in [-0.39, 0.29) is 23.9 Å². The van der Waals surface area contributed by atoms with Gasteiger partial charge in [-0.1, -0.05) is 11.6 Å². The highest BCUT2D eigenvalue weighted by molar-refractivity contribution is 6.30. The number of aromatic nitrogens is 1. The molecular formula is C13H19ClN2O4. The molecule has 1 aromatic rings. The molecule has 7 heteroatoms. The zero-order valence-corrected chi connectivity index (χ0v) is 12.4. The van der Waals surface area contributed by atoms with E-state index in [0.29, 0.717) is 5.56 Å². The third kappa shape index (κ3) is 4.86. The zero-order valence-electron chi connectivity index (χ0n) is 11.7. The fraction of sp³-hybridized carbons (Fsp3) is 0.538. The molecule has 1 aromatic heterocycles. The minimum atomic E-state index is -0.636. The molecule has 0 saturated heterocycles. The van der Waals surface area contributed by atoms with Gasteiger partial charge in [-0.25, -0.2) is 9.78 Å². The molecule has 1 unspecified atom stereocenters. The first-order chi connectivity index (χ1) is 9.24. The van der Waals surface area contributed by atoms with E-state index in [2.05, 4.69) is 10.3 Å². The maximum Gasteiger partial charge on any atom is 0.408 e. The fourth-order valence-corrected chi connectivity index (χ4v) is 1.77. The van der Waals surface area contributed by atoms with Crippen LogP contribution in [-0.4, -0.2) is 33.5 Å². The SMILES string of the molecule is CC(C)(C)OC(=O)NC(CCO)c1ccnc(Cl)c1O. The Morgan fingerprint density at radius 1 is 1.55 bits per heavy atom. The first-order valence-electron chi connectivity index (χ1n) is 6.18. The van der Waals surface area contributed by atoms with Gasteiger partial charge < -0.3 is 20.3 Å². The predicted molar refractivity (Wildman–Crippen MR) is 74.7 cm³/mol. The molecule has 0 aliphatic carbocycles. The molecule has 0 saturated carbocycles. The topological polar surface area (TPSA) is 91.7 Å². The van der Waals surface area contributed by atoms with Crippen LogP contribution in [-0.2, 0) is 4.74 Å². The summed E-state index contributed by atoms with van der Waals surface area (Å²) in [5.41, 5.74) is -0.254. The van der Waals surface area contributed by atoms with Gasteiger partial charge >= 0.3 is 6.09 Å². The lowest BCUT2D eigenvalue weighted by atomic mass is 10.0. The van der Waals surface area contributed by atoms with E-state index in [1.165, 1.54) is 12.3 Å². The van der Waals surface area contributed by atoms with Crippen LogP contribution in [0.5, 0.6) is 5.75 Å². The van der Waals surface area contributed by atoms with E-state index in [9.17, 15) is 9.90 Å². The molecule has 20 heavy (non-hydrogen) atoms. The summed E-state index contributed by atoms with van der Waals surface area (Å²) in [6.45, 7) is 5.07. The van der Waals surface area contributed by atoms with Crippen molar-refractivity contribution in [2.45, 2.75) is 38.8 Å². The summed E-state index contributed by atoms with van der Waals surface area (Å²) < 4.78 is 5.14. The van der Waals surface area contributed by atoms with Crippen molar-refractivity contribution in [1.82, 2.24) is 10.3 Å². The Labute approximate surface area is 122 Å². The number of amides is 1. The largest absolute Gasteiger partial charge is 0.504 e. The Morgan fingerprint density at radius 3 is 2.75 bits per heavy atom. The van der Waals surface area contributed by atoms with Crippen molar-refractivity contribution in [2.75, 3.05) is 6.61 Å². The molecule has 0 fully saturated rings. The van der Waals surface area contributed by atoms with E-state index in [4.69, 9.17) is 21.4 Å². The maximum absolute atomic E-state index is 11.8. The molecular weight excluding hydrogens is 284 g/mol. The minimum absolute atomic E-state index is 0.0589. The van der Waals surface area contributed by atoms with Gasteiger partial charge in [0.2, 0.25) is 0 Å². The number of halogens is 1. The number of hydrogen-bond acceptors (Lipinski definition) is 5. The highest BCUT2D eigenvalue weighted by Crippen LogP contribution is 2.31. The van der Waals surface area contributed by atoms with Gasteiger partial charge in [-0.15, -0.1) is 0 Å². The number of carbonyl (C=O) groups is 1. The third-order valence-corrected chi connectivity index (χ3v) is 2.67. The van der Waals surface area contributed by atoms with Crippen molar-refractivity contribution in [3.8, 4) is 5.75 Å². The lowest BCUT2D eigenvalue weighted by Gasteiger charge is -2.24. The number of ether oxygens (including phenoxy) is 1. The van der Waals surface area contributed by atoms with Gasteiger partial charge in [0.1, 0.15) is 5.60 Å².